The van der Waals surface area contributed by atoms with Gasteiger partial charge in [-0.05, 0) is 0 Å². The van der Waals surface area contributed by atoms with Crippen LogP contribution in [0.4, 0.5) is 0 Å². The third kappa shape index (κ3) is 8.25. The van der Waals surface area contributed by atoms with Crippen LogP contribution in [0.15, 0.2) is 39.4 Å². The minimum absolute atomic E-state index is 0. The summed E-state index contributed by atoms with van der Waals surface area (Å²) in [5, 5.41) is 1.68. The first-order valence-corrected chi connectivity index (χ1v) is 13.2. The van der Waals surface area contributed by atoms with Crippen molar-refractivity contribution >= 4 is 45.3 Å². The van der Waals surface area contributed by atoms with Crippen molar-refractivity contribution in [3.63, 3.8) is 0 Å². The van der Waals surface area contributed by atoms with Gasteiger partial charge in [-0.3, -0.25) is 0 Å². The number of allylic oxidation sites excluding steroid dienone is 4. The zero-order valence-corrected chi connectivity index (χ0v) is 20.6. The van der Waals surface area contributed by atoms with Crippen molar-refractivity contribution in [2.24, 2.45) is 0 Å². The molecule has 0 radical (unpaired) electrons. The molecule has 136 valence electrons. The molecule has 1 aromatic carbocycles. The summed E-state index contributed by atoms with van der Waals surface area (Å²) >= 11 is 0.0215. The van der Waals surface area contributed by atoms with Crippen LogP contribution in [0.25, 0.3) is 0 Å². The van der Waals surface area contributed by atoms with E-state index < -0.39 is 8.07 Å². The molecule has 24 heavy (non-hydrogen) atoms. The summed E-state index contributed by atoms with van der Waals surface area (Å²) in [5.41, 5.74) is 4.33. The molecule has 5 heteroatoms. The zero-order valence-electron chi connectivity index (χ0n) is 15.6. The molecule has 0 saturated heterocycles. The molecule has 0 heterocycles. The molecule has 1 aliphatic rings. The predicted octanol–water partition coefficient (Wildman–Crippen LogP) is 7.09. The first-order chi connectivity index (χ1) is 9.74. The van der Waals surface area contributed by atoms with Gasteiger partial charge in [0.2, 0.25) is 0 Å². The molecular weight excluding hydrogens is 411 g/mol. The second-order valence-electron chi connectivity index (χ2n) is 7.53. The van der Waals surface area contributed by atoms with Crippen molar-refractivity contribution in [3.8, 4) is 0 Å². The normalized spacial score (nSPS) is 14.4. The van der Waals surface area contributed by atoms with Gasteiger partial charge < -0.3 is 0 Å². The van der Waals surface area contributed by atoms with Crippen LogP contribution in [0.3, 0.4) is 0 Å². The number of hydrogen-bond acceptors (Lipinski definition) is 0. The molecule has 1 atom stereocenters. The van der Waals surface area contributed by atoms with E-state index in [9.17, 15) is 0 Å². The molecule has 0 aliphatic heterocycles. The second kappa shape index (κ2) is 11.3. The fraction of sp³-hybridized carbons (Fsp3) is 0.474. The van der Waals surface area contributed by atoms with Gasteiger partial charge in [-0.2, -0.15) is 0 Å². The summed E-state index contributed by atoms with van der Waals surface area (Å²) in [6, 6.07) is 7.00. The van der Waals surface area contributed by atoms with Crippen molar-refractivity contribution in [2.45, 2.75) is 57.5 Å². The number of hydrogen-bond donors (Lipinski definition) is 0. The summed E-state index contributed by atoms with van der Waals surface area (Å²) in [6.07, 6.45) is 7.57. The molecule has 0 saturated carbocycles. The van der Waals surface area contributed by atoms with E-state index >= 15 is 0 Å². The molecule has 1 unspecified atom stereocenters. The number of benzene rings is 1. The molecule has 1 aromatic rings. The van der Waals surface area contributed by atoms with Gasteiger partial charge in [-0.1, -0.05) is 0 Å². The Bertz CT molecular complexity index is 569. The standard InChI is InChI=1S/C11H15.C8H13Si.3ClH.Ti/c1-4-5-11-7-9(2)6-10(3)8-11;1-9(2,3)8-6-4-5-7-8;;;;/h4,6-8H,5H2,1-3H3;6-7H,4H2,1-3H3;3*1H;. The van der Waals surface area contributed by atoms with Gasteiger partial charge in [0, 0.05) is 0 Å². The Labute approximate surface area is 177 Å². The molecule has 0 amide bonds. The van der Waals surface area contributed by atoms with E-state index in [1.165, 1.54) is 29.5 Å². The minimum Gasteiger partial charge on any atom is -0.147 e. The molecule has 0 nitrogen and oxygen atoms in total. The predicted molar refractivity (Wildman–Crippen MR) is 115 cm³/mol. The van der Waals surface area contributed by atoms with Crippen molar-refractivity contribution in [1.82, 2.24) is 0 Å². The van der Waals surface area contributed by atoms with Crippen LogP contribution in [0.1, 0.15) is 30.0 Å². The van der Waals surface area contributed by atoms with Crippen LogP contribution in [0, 0.1) is 13.8 Å². The average molecular weight is 442 g/mol. The molecule has 0 N–H and O–H groups in total. The molecule has 0 aromatic heterocycles. The maximum Gasteiger partial charge on any atom is -0.147 e. The van der Waals surface area contributed by atoms with Crippen LogP contribution in [-0.4, -0.2) is 8.07 Å². The van der Waals surface area contributed by atoms with Crippen LogP contribution in [0.2, 0.25) is 23.9 Å². The molecular formula is C19H31Cl3SiTi. The summed E-state index contributed by atoms with van der Waals surface area (Å²) in [7, 11) is -1.10. The first kappa shape index (κ1) is 26.7. The van der Waals surface area contributed by atoms with Crippen LogP contribution < -0.4 is 0 Å². The molecule has 0 fully saturated rings. The maximum atomic E-state index is 2.56. The Hall–Kier alpha value is 0.501. The van der Waals surface area contributed by atoms with Gasteiger partial charge in [0.05, 0.1) is 0 Å². The van der Waals surface area contributed by atoms with E-state index in [0.717, 1.165) is 4.22 Å². The Morgan fingerprint density at radius 3 is 2.00 bits per heavy atom. The van der Waals surface area contributed by atoms with Crippen molar-refractivity contribution in [1.29, 1.82) is 0 Å². The molecule has 0 bridgehead atoms. The monoisotopic (exact) mass is 440 g/mol. The Morgan fingerprint density at radius 1 is 1.00 bits per heavy atom. The maximum absolute atomic E-state index is 2.56. The SMILES string of the molecule is Cc1cc(C)cc(C[CH](C)[Ti][C]2=CC([Si](C)(C)C)=CC2)c1.Cl.Cl.Cl. The van der Waals surface area contributed by atoms with E-state index in [-0.39, 0.29) is 56.4 Å². The number of halogens is 3. The van der Waals surface area contributed by atoms with Crippen LogP contribution in [0.5, 0.6) is 0 Å². The van der Waals surface area contributed by atoms with E-state index in [1.54, 1.807) is 9.07 Å². The van der Waals surface area contributed by atoms with E-state index in [2.05, 4.69) is 70.8 Å². The molecule has 1 aliphatic carbocycles. The van der Waals surface area contributed by atoms with Gasteiger partial charge in [0.1, 0.15) is 0 Å². The summed E-state index contributed by atoms with van der Waals surface area (Å²) < 4.78 is 2.62. The second-order valence-corrected chi connectivity index (χ2v) is 15.6. The van der Waals surface area contributed by atoms with Crippen LogP contribution in [-0.2, 0) is 25.6 Å². The topological polar surface area (TPSA) is 0 Å². The van der Waals surface area contributed by atoms with E-state index in [1.807, 2.05) is 0 Å². The summed E-state index contributed by atoms with van der Waals surface area (Å²) in [4.78, 5) is 0. The Balaban J connectivity index is 0. The average Bonchev–Trinajstić information content (AvgIpc) is 2.75. The van der Waals surface area contributed by atoms with Crippen molar-refractivity contribution < 1.29 is 19.2 Å². The zero-order chi connectivity index (χ0) is 15.6. The van der Waals surface area contributed by atoms with Crippen molar-refractivity contribution in [3.05, 3.63) is 56.1 Å². The third-order valence-electron chi connectivity index (χ3n) is 3.99. The molecule has 2 rings (SSSR count). The summed E-state index contributed by atoms with van der Waals surface area (Å²) in [5.74, 6) is 0. The van der Waals surface area contributed by atoms with E-state index in [4.69, 9.17) is 0 Å². The fourth-order valence-corrected chi connectivity index (χ4v) is 6.84. The molecule has 0 spiro atoms. The van der Waals surface area contributed by atoms with E-state index in [0.29, 0.717) is 0 Å². The Morgan fingerprint density at radius 2 is 1.54 bits per heavy atom. The summed E-state index contributed by atoms with van der Waals surface area (Å²) in [6.45, 7) is 14.2. The van der Waals surface area contributed by atoms with Crippen LogP contribution >= 0.6 is 37.2 Å². The first-order valence-electron chi connectivity index (χ1n) is 7.99. The Kier molecular flexibility index (Phi) is 12.5. The van der Waals surface area contributed by atoms with Crippen molar-refractivity contribution in [2.75, 3.05) is 0 Å². The number of rotatable bonds is 5. The van der Waals surface area contributed by atoms with Gasteiger partial charge in [-0.25, -0.2) is 0 Å². The van der Waals surface area contributed by atoms with Gasteiger partial charge >= 0.3 is 141 Å². The smallest absolute Gasteiger partial charge is 0.147 e. The fourth-order valence-electron chi connectivity index (χ4n) is 3.06. The van der Waals surface area contributed by atoms with Gasteiger partial charge in [0.15, 0.2) is 0 Å². The minimum atomic E-state index is -1.10. The number of aryl methyl sites for hydroxylation is 2. The quantitative estimate of drug-likeness (QED) is 0.428. The van der Waals surface area contributed by atoms with Gasteiger partial charge in [0.25, 0.3) is 0 Å². The third-order valence-corrected chi connectivity index (χ3v) is 8.28. The largest absolute Gasteiger partial charge is 0.147 e. The van der Waals surface area contributed by atoms with Gasteiger partial charge in [-0.15, -0.1) is 37.2 Å².